The molecule has 0 radical (unpaired) electrons. The van der Waals surface area contributed by atoms with E-state index in [1.165, 1.54) is 7.11 Å². The standard InChI is InChI=1S/C17H15NO3/c1-20-12-8-9-14-13(10-12)15(17(19)21-2)16(18-14)11-6-4-3-5-7-11/h3-10,18H,1-2H3. The molecule has 0 amide bonds. The van der Waals surface area contributed by atoms with Crippen LogP contribution in [0.15, 0.2) is 48.5 Å². The first kappa shape index (κ1) is 13.2. The fraction of sp³-hybridized carbons (Fsp3) is 0.118. The van der Waals surface area contributed by atoms with Crippen LogP contribution in [0, 0.1) is 0 Å². The van der Waals surface area contributed by atoms with Gasteiger partial charge in [-0.05, 0) is 23.8 Å². The van der Waals surface area contributed by atoms with Crippen molar-refractivity contribution in [1.82, 2.24) is 4.98 Å². The Kier molecular flexibility index (Phi) is 3.36. The molecule has 0 atom stereocenters. The highest BCUT2D eigenvalue weighted by Crippen LogP contribution is 2.32. The number of hydrogen-bond acceptors (Lipinski definition) is 3. The Morgan fingerprint density at radius 3 is 2.48 bits per heavy atom. The summed E-state index contributed by atoms with van der Waals surface area (Å²) >= 11 is 0. The molecule has 1 N–H and O–H groups in total. The predicted molar refractivity (Wildman–Crippen MR) is 81.6 cm³/mol. The number of hydrogen-bond donors (Lipinski definition) is 1. The molecule has 0 spiro atoms. The summed E-state index contributed by atoms with van der Waals surface area (Å²) in [6.07, 6.45) is 0. The molecule has 21 heavy (non-hydrogen) atoms. The molecule has 3 aromatic rings. The molecule has 2 aromatic carbocycles. The highest BCUT2D eigenvalue weighted by molar-refractivity contribution is 6.10. The van der Waals surface area contributed by atoms with Crippen LogP contribution >= 0.6 is 0 Å². The van der Waals surface area contributed by atoms with Gasteiger partial charge in [-0.3, -0.25) is 0 Å². The monoisotopic (exact) mass is 281 g/mol. The number of esters is 1. The van der Waals surface area contributed by atoms with Crippen molar-refractivity contribution >= 4 is 16.9 Å². The van der Waals surface area contributed by atoms with Crippen molar-refractivity contribution in [3.05, 3.63) is 54.1 Å². The zero-order valence-corrected chi connectivity index (χ0v) is 11.8. The second-order valence-electron chi connectivity index (χ2n) is 4.64. The fourth-order valence-electron chi connectivity index (χ4n) is 2.43. The highest BCUT2D eigenvalue weighted by atomic mass is 16.5. The number of ether oxygens (including phenoxy) is 2. The number of aromatic nitrogens is 1. The Balaban J connectivity index is 2.31. The molecule has 3 rings (SSSR count). The van der Waals surface area contributed by atoms with Gasteiger partial charge in [0.05, 0.1) is 25.5 Å². The molecule has 0 aliphatic rings. The molecule has 0 fully saturated rings. The SMILES string of the molecule is COC(=O)c1c(-c2ccccc2)[nH]c2ccc(OC)cc12. The lowest BCUT2D eigenvalue weighted by atomic mass is 10.1. The number of fused-ring (bicyclic) bond motifs is 1. The van der Waals surface area contributed by atoms with Crippen LogP contribution in [0.2, 0.25) is 0 Å². The average Bonchev–Trinajstić information content (AvgIpc) is 2.93. The van der Waals surface area contributed by atoms with Crippen molar-refractivity contribution in [3.63, 3.8) is 0 Å². The first-order valence-electron chi connectivity index (χ1n) is 6.58. The minimum absolute atomic E-state index is 0.367. The number of nitrogens with one attached hydrogen (secondary N) is 1. The minimum Gasteiger partial charge on any atom is -0.497 e. The van der Waals surface area contributed by atoms with E-state index in [9.17, 15) is 4.79 Å². The van der Waals surface area contributed by atoms with Crippen LogP contribution in [0.25, 0.3) is 22.2 Å². The normalized spacial score (nSPS) is 10.6. The Bertz CT molecular complexity index is 790. The molecular weight excluding hydrogens is 266 g/mol. The van der Waals surface area contributed by atoms with Crippen molar-refractivity contribution < 1.29 is 14.3 Å². The van der Waals surface area contributed by atoms with Gasteiger partial charge in [0.1, 0.15) is 5.75 Å². The first-order valence-corrected chi connectivity index (χ1v) is 6.58. The summed E-state index contributed by atoms with van der Waals surface area (Å²) in [4.78, 5) is 15.5. The van der Waals surface area contributed by atoms with Gasteiger partial charge in [0.15, 0.2) is 0 Å². The molecule has 0 bridgehead atoms. The zero-order chi connectivity index (χ0) is 14.8. The number of carbonyl (C=O) groups is 1. The van der Waals surface area contributed by atoms with Gasteiger partial charge < -0.3 is 14.5 Å². The second kappa shape index (κ2) is 5.32. The van der Waals surface area contributed by atoms with E-state index in [2.05, 4.69) is 4.98 Å². The summed E-state index contributed by atoms with van der Waals surface area (Å²) in [6, 6.07) is 15.3. The molecule has 0 saturated heterocycles. The second-order valence-corrected chi connectivity index (χ2v) is 4.64. The van der Waals surface area contributed by atoms with Crippen LogP contribution < -0.4 is 4.74 Å². The van der Waals surface area contributed by atoms with Gasteiger partial charge in [-0.1, -0.05) is 30.3 Å². The summed E-state index contributed by atoms with van der Waals surface area (Å²) in [5.74, 6) is 0.333. The van der Waals surface area contributed by atoms with Crippen LogP contribution in [0.3, 0.4) is 0 Å². The average molecular weight is 281 g/mol. The highest BCUT2D eigenvalue weighted by Gasteiger charge is 2.20. The lowest BCUT2D eigenvalue weighted by Crippen LogP contribution is -2.02. The smallest absolute Gasteiger partial charge is 0.340 e. The summed E-state index contributed by atoms with van der Waals surface area (Å²) < 4.78 is 10.2. The molecule has 0 aliphatic carbocycles. The van der Waals surface area contributed by atoms with E-state index in [4.69, 9.17) is 9.47 Å². The number of aromatic amines is 1. The Hall–Kier alpha value is -2.75. The van der Waals surface area contributed by atoms with Crippen molar-refractivity contribution in [2.75, 3.05) is 14.2 Å². The molecule has 4 nitrogen and oxygen atoms in total. The third kappa shape index (κ3) is 2.25. The summed E-state index contributed by atoms with van der Waals surface area (Å²) in [5, 5.41) is 0.792. The molecule has 0 saturated carbocycles. The van der Waals surface area contributed by atoms with Crippen LogP contribution in [0.5, 0.6) is 5.75 Å². The number of H-pyrrole nitrogens is 1. The number of carbonyl (C=O) groups excluding carboxylic acids is 1. The summed E-state index contributed by atoms with van der Waals surface area (Å²) in [7, 11) is 2.99. The van der Waals surface area contributed by atoms with E-state index in [1.807, 2.05) is 48.5 Å². The maximum atomic E-state index is 12.2. The zero-order valence-electron chi connectivity index (χ0n) is 11.8. The molecular formula is C17H15NO3. The lowest BCUT2D eigenvalue weighted by molar-refractivity contribution is 0.0604. The van der Waals surface area contributed by atoms with Crippen LogP contribution in [-0.4, -0.2) is 25.2 Å². The minimum atomic E-state index is -0.367. The van der Waals surface area contributed by atoms with E-state index in [0.29, 0.717) is 11.3 Å². The van der Waals surface area contributed by atoms with Gasteiger partial charge in [0.2, 0.25) is 0 Å². The van der Waals surface area contributed by atoms with Gasteiger partial charge in [-0.2, -0.15) is 0 Å². The van der Waals surface area contributed by atoms with Crippen molar-refractivity contribution in [1.29, 1.82) is 0 Å². The van der Waals surface area contributed by atoms with Gasteiger partial charge in [0, 0.05) is 10.9 Å². The Morgan fingerprint density at radius 1 is 1.05 bits per heavy atom. The lowest BCUT2D eigenvalue weighted by Gasteiger charge is -2.03. The third-order valence-corrected chi connectivity index (χ3v) is 3.46. The van der Waals surface area contributed by atoms with Crippen molar-refractivity contribution in [2.45, 2.75) is 0 Å². The number of methoxy groups -OCH3 is 2. The van der Waals surface area contributed by atoms with E-state index in [1.54, 1.807) is 7.11 Å². The van der Waals surface area contributed by atoms with Gasteiger partial charge in [0.25, 0.3) is 0 Å². The molecule has 106 valence electrons. The molecule has 1 heterocycles. The van der Waals surface area contributed by atoms with E-state index in [0.717, 1.165) is 22.2 Å². The van der Waals surface area contributed by atoms with Gasteiger partial charge in [-0.15, -0.1) is 0 Å². The topological polar surface area (TPSA) is 51.3 Å². The van der Waals surface area contributed by atoms with Crippen molar-refractivity contribution in [3.8, 4) is 17.0 Å². The third-order valence-electron chi connectivity index (χ3n) is 3.46. The fourth-order valence-corrected chi connectivity index (χ4v) is 2.43. The van der Waals surface area contributed by atoms with E-state index >= 15 is 0 Å². The Morgan fingerprint density at radius 2 is 1.81 bits per heavy atom. The van der Waals surface area contributed by atoms with Gasteiger partial charge >= 0.3 is 5.97 Å². The van der Waals surface area contributed by atoms with Gasteiger partial charge in [-0.25, -0.2) is 4.79 Å². The maximum Gasteiger partial charge on any atom is 0.340 e. The van der Waals surface area contributed by atoms with Crippen LogP contribution in [0.4, 0.5) is 0 Å². The first-order chi connectivity index (χ1) is 10.2. The summed E-state index contributed by atoms with van der Waals surface area (Å²) in [5.41, 5.74) is 3.09. The van der Waals surface area contributed by atoms with Crippen LogP contribution in [-0.2, 0) is 4.74 Å². The molecule has 0 aliphatic heterocycles. The quantitative estimate of drug-likeness (QED) is 0.746. The maximum absolute atomic E-state index is 12.2. The van der Waals surface area contributed by atoms with Crippen molar-refractivity contribution in [2.24, 2.45) is 0 Å². The largest absolute Gasteiger partial charge is 0.497 e. The molecule has 1 aromatic heterocycles. The number of rotatable bonds is 3. The molecule has 4 heteroatoms. The predicted octanol–water partition coefficient (Wildman–Crippen LogP) is 3.63. The Labute approximate surface area is 122 Å². The number of benzene rings is 2. The van der Waals surface area contributed by atoms with E-state index in [-0.39, 0.29) is 5.97 Å². The van der Waals surface area contributed by atoms with Crippen LogP contribution in [0.1, 0.15) is 10.4 Å². The molecule has 0 unspecified atom stereocenters. The van der Waals surface area contributed by atoms with E-state index < -0.39 is 0 Å². The summed E-state index contributed by atoms with van der Waals surface area (Å²) in [6.45, 7) is 0.